The number of rotatable bonds is 5. The third-order valence-electron chi connectivity index (χ3n) is 7.87. The van der Waals surface area contributed by atoms with Gasteiger partial charge in [0.1, 0.15) is 0 Å². The van der Waals surface area contributed by atoms with E-state index in [0.29, 0.717) is 5.69 Å². The Balaban J connectivity index is 1.22. The van der Waals surface area contributed by atoms with Crippen LogP contribution in [-0.4, -0.2) is 29.2 Å². The normalized spacial score (nSPS) is 16.0. The number of hydrazone groups is 1. The Morgan fingerprint density at radius 3 is 2.24 bits per heavy atom. The number of benzene rings is 5. The van der Waals surface area contributed by atoms with E-state index in [1.807, 2.05) is 12.1 Å². The molecule has 1 amide bonds. The molecule has 0 atom stereocenters. The van der Waals surface area contributed by atoms with E-state index in [2.05, 4.69) is 82.8 Å². The highest BCUT2D eigenvalue weighted by atomic mass is 16.4. The highest BCUT2D eigenvalue weighted by molar-refractivity contribution is 6.52. The Morgan fingerprint density at radius 2 is 1.52 bits per heavy atom. The average Bonchev–Trinajstić information content (AvgIpc) is 3.36. The molecule has 42 heavy (non-hydrogen) atoms. The number of aryl methyl sites for hydroxylation is 1. The van der Waals surface area contributed by atoms with E-state index in [4.69, 9.17) is 0 Å². The van der Waals surface area contributed by atoms with Gasteiger partial charge in [-0.3, -0.25) is 4.79 Å². The maximum atomic E-state index is 13.1. The lowest BCUT2D eigenvalue weighted by atomic mass is 9.95. The minimum absolute atomic E-state index is 0.0505. The lowest BCUT2D eigenvalue weighted by molar-refractivity contribution is -0.129. The Bertz CT molecular complexity index is 1920. The molecule has 2 aliphatic rings. The van der Waals surface area contributed by atoms with Gasteiger partial charge in [-0.15, -0.1) is 0 Å². The topological polar surface area (TPSA) is 73.2 Å². The fraction of sp³-hybridized carbons (Fsp3) is 0.0833. The minimum Gasteiger partial charge on any atom is -0.476 e. The predicted molar refractivity (Wildman–Crippen MR) is 169 cm³/mol. The summed E-state index contributed by atoms with van der Waals surface area (Å²) in [7, 11) is 0. The van der Waals surface area contributed by atoms with Gasteiger partial charge in [-0.1, -0.05) is 84.9 Å². The summed E-state index contributed by atoms with van der Waals surface area (Å²) in [6, 6.07) is 34.6. The minimum atomic E-state index is -1.24. The van der Waals surface area contributed by atoms with E-state index >= 15 is 0 Å². The number of para-hydroxylation sites is 1. The fourth-order valence-corrected chi connectivity index (χ4v) is 5.96. The van der Waals surface area contributed by atoms with Crippen LogP contribution in [0.4, 0.5) is 17.1 Å². The van der Waals surface area contributed by atoms with Crippen molar-refractivity contribution >= 4 is 62.3 Å². The van der Waals surface area contributed by atoms with Crippen LogP contribution in [0.25, 0.3) is 27.6 Å². The number of carbonyl (C=O) groups is 2. The average molecular weight is 550 g/mol. The van der Waals surface area contributed by atoms with Crippen LogP contribution in [0.15, 0.2) is 126 Å². The van der Waals surface area contributed by atoms with Gasteiger partial charge in [0.15, 0.2) is 5.71 Å². The summed E-state index contributed by atoms with van der Waals surface area (Å²) in [5.74, 6) is -1.71. The molecule has 0 fully saturated rings. The van der Waals surface area contributed by atoms with Crippen LogP contribution in [-0.2, 0) is 16.0 Å². The van der Waals surface area contributed by atoms with Crippen LogP contribution < -0.4 is 9.91 Å². The summed E-state index contributed by atoms with van der Waals surface area (Å²) in [5, 5.41) is 19.8. The second-order valence-electron chi connectivity index (χ2n) is 10.5. The predicted octanol–water partition coefficient (Wildman–Crippen LogP) is 7.50. The van der Waals surface area contributed by atoms with Crippen LogP contribution in [0.2, 0.25) is 0 Å². The van der Waals surface area contributed by atoms with Gasteiger partial charge in [-0.05, 0) is 71.1 Å². The molecule has 5 aromatic carbocycles. The van der Waals surface area contributed by atoms with Gasteiger partial charge in [0, 0.05) is 23.0 Å². The van der Waals surface area contributed by atoms with Gasteiger partial charge in [0.05, 0.1) is 16.9 Å². The zero-order chi connectivity index (χ0) is 28.6. The number of fused-ring (bicyclic) bond motifs is 3. The molecule has 204 valence electrons. The maximum Gasteiger partial charge on any atom is 0.357 e. The lowest BCUT2D eigenvalue weighted by Crippen LogP contribution is -2.25. The van der Waals surface area contributed by atoms with Gasteiger partial charge in [0.2, 0.25) is 0 Å². The fourth-order valence-electron chi connectivity index (χ4n) is 5.96. The van der Waals surface area contributed by atoms with E-state index in [-0.39, 0.29) is 11.3 Å². The van der Waals surface area contributed by atoms with Crippen molar-refractivity contribution in [3.63, 3.8) is 0 Å². The molecule has 0 aromatic heterocycles. The molecule has 0 aliphatic carbocycles. The number of carboxylic acids is 1. The third kappa shape index (κ3) is 4.43. The first kappa shape index (κ1) is 25.5. The third-order valence-corrected chi connectivity index (χ3v) is 7.87. The highest BCUT2D eigenvalue weighted by Crippen LogP contribution is 2.42. The molecule has 0 spiro atoms. The van der Waals surface area contributed by atoms with Gasteiger partial charge in [-0.25, -0.2) is 4.79 Å². The summed E-state index contributed by atoms with van der Waals surface area (Å²) in [5.41, 5.74) is 4.98. The van der Waals surface area contributed by atoms with E-state index in [0.717, 1.165) is 30.0 Å². The van der Waals surface area contributed by atoms with Crippen LogP contribution in [0.5, 0.6) is 0 Å². The number of hydrogen-bond acceptors (Lipinski definition) is 4. The van der Waals surface area contributed by atoms with E-state index < -0.39 is 11.9 Å². The van der Waals surface area contributed by atoms with Crippen LogP contribution in [0.1, 0.15) is 17.5 Å². The zero-order valence-electron chi connectivity index (χ0n) is 22.8. The first-order valence-electron chi connectivity index (χ1n) is 14.0. The number of anilines is 3. The maximum absolute atomic E-state index is 13.1. The zero-order valence-corrected chi connectivity index (χ0v) is 22.8. The molecule has 2 aliphatic heterocycles. The van der Waals surface area contributed by atoms with Crippen LogP contribution in [0, 0.1) is 0 Å². The molecule has 0 bridgehead atoms. The summed E-state index contributed by atoms with van der Waals surface area (Å²) in [6.45, 7) is 0.934. The van der Waals surface area contributed by atoms with E-state index in [1.165, 1.54) is 44.6 Å². The van der Waals surface area contributed by atoms with Gasteiger partial charge >= 0.3 is 5.97 Å². The second kappa shape index (κ2) is 10.5. The number of carboxylic acid groups (broad SMARTS) is 1. The molecule has 6 heteroatoms. The molecule has 2 heterocycles. The molecule has 0 unspecified atom stereocenters. The lowest BCUT2D eigenvalue weighted by Gasteiger charge is -2.33. The van der Waals surface area contributed by atoms with Crippen molar-refractivity contribution in [2.75, 3.05) is 16.5 Å². The largest absolute Gasteiger partial charge is 0.476 e. The second-order valence-corrected chi connectivity index (χ2v) is 10.5. The van der Waals surface area contributed by atoms with Crippen molar-refractivity contribution < 1.29 is 14.7 Å². The number of aliphatic carboxylic acids is 1. The van der Waals surface area contributed by atoms with Crippen molar-refractivity contribution in [2.45, 2.75) is 12.8 Å². The molecule has 0 saturated carbocycles. The van der Waals surface area contributed by atoms with Crippen molar-refractivity contribution in [3.8, 4) is 0 Å². The number of nitrogens with zero attached hydrogens (tertiary/aromatic N) is 3. The number of allylic oxidation sites excluding steroid dienone is 2. The summed E-state index contributed by atoms with van der Waals surface area (Å²) >= 11 is 0. The van der Waals surface area contributed by atoms with Crippen molar-refractivity contribution in [1.29, 1.82) is 0 Å². The van der Waals surface area contributed by atoms with Crippen molar-refractivity contribution in [2.24, 2.45) is 5.10 Å². The first-order valence-corrected chi connectivity index (χ1v) is 14.0. The standard InChI is InChI=1S/C36H27N3O3/c40-35-31(33(36(41)42)37-39(35)28-14-2-1-3-15-28)18-8-10-24-19-20-32-27(22-24)13-9-21-38(32)34-29-16-6-4-11-25(29)23-26-12-5-7-17-30(26)34/h1-8,10-12,14-20,22-23H,9,13,21H2,(H,41,42)/b10-8+,31-18-. The van der Waals surface area contributed by atoms with E-state index in [1.54, 1.807) is 30.3 Å². The number of hydrogen-bond donors (Lipinski definition) is 1. The Labute approximate surface area is 243 Å². The monoisotopic (exact) mass is 549 g/mol. The van der Waals surface area contributed by atoms with Gasteiger partial charge < -0.3 is 10.0 Å². The Morgan fingerprint density at radius 1 is 0.833 bits per heavy atom. The highest BCUT2D eigenvalue weighted by Gasteiger charge is 2.34. The molecule has 0 saturated heterocycles. The van der Waals surface area contributed by atoms with Gasteiger partial charge in [-0.2, -0.15) is 10.1 Å². The molecule has 5 aromatic rings. The summed E-state index contributed by atoms with van der Waals surface area (Å²) < 4.78 is 0. The van der Waals surface area contributed by atoms with Crippen LogP contribution >= 0.6 is 0 Å². The smallest absolute Gasteiger partial charge is 0.357 e. The van der Waals surface area contributed by atoms with Crippen molar-refractivity contribution in [3.05, 3.63) is 132 Å². The molecular weight excluding hydrogens is 522 g/mol. The van der Waals surface area contributed by atoms with Crippen molar-refractivity contribution in [1.82, 2.24) is 0 Å². The molecular formula is C36H27N3O3. The number of carbonyl (C=O) groups excluding carboxylic acids is 1. The molecule has 0 radical (unpaired) electrons. The van der Waals surface area contributed by atoms with E-state index in [9.17, 15) is 14.7 Å². The first-order chi connectivity index (χ1) is 20.6. The molecule has 6 nitrogen and oxygen atoms in total. The summed E-state index contributed by atoms with van der Waals surface area (Å²) in [6.07, 6.45) is 7.16. The van der Waals surface area contributed by atoms with Gasteiger partial charge in [0.25, 0.3) is 5.91 Å². The van der Waals surface area contributed by atoms with Crippen LogP contribution in [0.3, 0.4) is 0 Å². The SMILES string of the molecule is O=C(O)C1=NN(c2ccccc2)C(=O)/C1=C\C=C\c1ccc2c(c1)CCCN2c1c2ccccc2cc2ccccc12. The molecule has 7 rings (SSSR count). The number of amides is 1. The Hall–Kier alpha value is -5.49. The Kier molecular flexibility index (Phi) is 6.36. The summed E-state index contributed by atoms with van der Waals surface area (Å²) in [4.78, 5) is 27.4. The quantitative estimate of drug-likeness (QED) is 0.182. The molecule has 1 N–H and O–H groups in total.